The Hall–Kier alpha value is -4.88. The molecule has 3 unspecified atom stereocenters. The summed E-state index contributed by atoms with van der Waals surface area (Å²) < 4.78 is 0. The van der Waals surface area contributed by atoms with Gasteiger partial charge in [-0.05, 0) is 161 Å². The van der Waals surface area contributed by atoms with Crippen LogP contribution in [0.1, 0.15) is 87.5 Å². The first-order chi connectivity index (χ1) is 27.0. The average molecular weight is 714 g/mol. The highest BCUT2D eigenvalue weighted by molar-refractivity contribution is 5.96. The van der Waals surface area contributed by atoms with Crippen LogP contribution in [0.2, 0.25) is 0 Å². The molecule has 0 radical (unpaired) electrons. The molecule has 6 aromatic carbocycles. The summed E-state index contributed by atoms with van der Waals surface area (Å²) in [5, 5.41) is 0. The van der Waals surface area contributed by atoms with Crippen LogP contribution < -0.4 is 4.90 Å². The fourth-order valence-corrected chi connectivity index (χ4v) is 14.3. The van der Waals surface area contributed by atoms with Crippen LogP contribution in [0.3, 0.4) is 0 Å². The lowest BCUT2D eigenvalue weighted by Gasteiger charge is -2.54. The third kappa shape index (κ3) is 4.36. The molecular formula is C54H51N. The number of anilines is 3. The number of fused-ring (bicyclic) bond motifs is 16. The lowest BCUT2D eigenvalue weighted by Crippen LogP contribution is -2.49. The summed E-state index contributed by atoms with van der Waals surface area (Å²) in [5.74, 6) is 4.51. The smallest absolute Gasteiger partial charge is 0.0543 e. The van der Waals surface area contributed by atoms with Crippen LogP contribution in [0.4, 0.5) is 17.1 Å². The highest BCUT2D eigenvalue weighted by atomic mass is 15.1. The summed E-state index contributed by atoms with van der Waals surface area (Å²) in [7, 11) is 0. The summed E-state index contributed by atoms with van der Waals surface area (Å²) >= 11 is 0. The molecule has 0 N–H and O–H groups in total. The Morgan fingerprint density at radius 1 is 0.491 bits per heavy atom. The maximum atomic E-state index is 2.67. The second-order valence-corrected chi connectivity index (χ2v) is 18.7. The normalized spacial score (nSPS) is 30.3. The summed E-state index contributed by atoms with van der Waals surface area (Å²) in [6.45, 7) is 5.13. The van der Waals surface area contributed by atoms with Crippen molar-refractivity contribution in [3.63, 3.8) is 0 Å². The Labute approximate surface area is 327 Å². The van der Waals surface area contributed by atoms with E-state index in [1.54, 1.807) is 22.3 Å². The topological polar surface area (TPSA) is 3.24 Å². The van der Waals surface area contributed by atoms with Crippen molar-refractivity contribution >= 4 is 17.1 Å². The molecule has 4 fully saturated rings. The molecule has 272 valence electrons. The standard InChI is InChI=1S/C54H51N/c1-34-27-37-29-35(2)54(41(28-34)31-37)48-16-9-6-13-44(48)45-26-25-43(32-50(45)54)55(42-23-20-39(21-24-42)38-11-4-3-5-12-38)51-18-10-17-49-52(51)46-14-7-8-15-47(46)53(49)33-36-19-22-40(53)30-36/h3-18,20-21,23-26,32,34-37,40-41H,19,22,27-31,33H2,1-2H3/t34-,35+,36?,37?,40?,41-,53-,54-/m1/s1. The van der Waals surface area contributed by atoms with Crippen molar-refractivity contribution in [2.45, 2.75) is 76.0 Å². The lowest BCUT2D eigenvalue weighted by atomic mass is 9.49. The van der Waals surface area contributed by atoms with Gasteiger partial charge in [-0.25, -0.2) is 0 Å². The molecular weight excluding hydrogens is 663 g/mol. The van der Waals surface area contributed by atoms with Gasteiger partial charge in [0.1, 0.15) is 0 Å². The van der Waals surface area contributed by atoms with E-state index in [0.29, 0.717) is 11.8 Å². The number of rotatable bonds is 4. The van der Waals surface area contributed by atoms with E-state index in [9.17, 15) is 0 Å². The Kier molecular flexibility index (Phi) is 6.95. The van der Waals surface area contributed by atoms with Gasteiger partial charge < -0.3 is 4.90 Å². The van der Waals surface area contributed by atoms with Crippen LogP contribution in [0.25, 0.3) is 33.4 Å². The molecule has 0 saturated heterocycles. The average Bonchev–Trinajstić information content (AvgIpc) is 3.98. The molecule has 6 aromatic rings. The van der Waals surface area contributed by atoms with Gasteiger partial charge in [0.05, 0.1) is 5.69 Å². The monoisotopic (exact) mass is 713 g/mol. The summed E-state index contributed by atoms with van der Waals surface area (Å²) in [5.41, 5.74) is 18.8. The minimum absolute atomic E-state index is 0.0499. The predicted molar refractivity (Wildman–Crippen MR) is 228 cm³/mol. The zero-order valence-corrected chi connectivity index (χ0v) is 32.3. The van der Waals surface area contributed by atoms with Crippen molar-refractivity contribution in [3.05, 3.63) is 162 Å². The van der Waals surface area contributed by atoms with Crippen LogP contribution >= 0.6 is 0 Å². The van der Waals surface area contributed by atoms with Gasteiger partial charge in [-0.3, -0.25) is 0 Å². The molecule has 12 rings (SSSR count). The van der Waals surface area contributed by atoms with Gasteiger partial charge in [0.25, 0.3) is 0 Å². The van der Waals surface area contributed by atoms with Gasteiger partial charge in [0.2, 0.25) is 0 Å². The molecule has 55 heavy (non-hydrogen) atoms. The summed E-state index contributed by atoms with van der Waals surface area (Å²) in [6, 6.07) is 54.2. The van der Waals surface area contributed by atoms with Gasteiger partial charge in [-0.2, -0.15) is 0 Å². The first-order valence-electron chi connectivity index (χ1n) is 21.5. The van der Waals surface area contributed by atoms with Crippen LogP contribution in [-0.4, -0.2) is 0 Å². The molecule has 6 aliphatic carbocycles. The fourth-order valence-electron chi connectivity index (χ4n) is 14.3. The molecule has 4 bridgehead atoms. The van der Waals surface area contributed by atoms with Crippen molar-refractivity contribution in [3.8, 4) is 33.4 Å². The molecule has 6 aliphatic rings. The van der Waals surface area contributed by atoms with E-state index in [2.05, 4.69) is 158 Å². The lowest BCUT2D eigenvalue weighted by molar-refractivity contribution is 0.0426. The molecule has 1 nitrogen and oxygen atoms in total. The van der Waals surface area contributed by atoms with Crippen LogP contribution in [0, 0.1) is 35.5 Å². The van der Waals surface area contributed by atoms with E-state index < -0.39 is 0 Å². The van der Waals surface area contributed by atoms with Crippen LogP contribution in [0.5, 0.6) is 0 Å². The van der Waals surface area contributed by atoms with Gasteiger partial charge in [0.15, 0.2) is 0 Å². The van der Waals surface area contributed by atoms with E-state index in [1.165, 1.54) is 102 Å². The summed E-state index contributed by atoms with van der Waals surface area (Å²) in [4.78, 5) is 2.65. The van der Waals surface area contributed by atoms with E-state index in [0.717, 1.165) is 23.7 Å². The van der Waals surface area contributed by atoms with E-state index in [1.807, 2.05) is 0 Å². The third-order valence-electron chi connectivity index (χ3n) is 16.0. The molecule has 0 heterocycles. The Balaban J connectivity index is 1.09. The van der Waals surface area contributed by atoms with Gasteiger partial charge >= 0.3 is 0 Å². The van der Waals surface area contributed by atoms with Crippen molar-refractivity contribution < 1.29 is 0 Å². The van der Waals surface area contributed by atoms with Crippen molar-refractivity contribution in [2.24, 2.45) is 35.5 Å². The Bertz CT molecular complexity index is 2470. The van der Waals surface area contributed by atoms with Crippen molar-refractivity contribution in [1.29, 1.82) is 0 Å². The highest BCUT2D eigenvalue weighted by Gasteiger charge is 2.58. The van der Waals surface area contributed by atoms with Crippen LogP contribution in [0.15, 0.2) is 140 Å². The number of hydrogen-bond donors (Lipinski definition) is 0. The predicted octanol–water partition coefficient (Wildman–Crippen LogP) is 14.3. The molecule has 8 atom stereocenters. The Morgan fingerprint density at radius 2 is 1.18 bits per heavy atom. The highest BCUT2D eigenvalue weighted by Crippen LogP contribution is 2.68. The minimum atomic E-state index is 0.0499. The van der Waals surface area contributed by atoms with Gasteiger partial charge in [0, 0.05) is 27.8 Å². The van der Waals surface area contributed by atoms with Gasteiger partial charge in [-0.15, -0.1) is 0 Å². The molecule has 0 amide bonds. The SMILES string of the molecule is C[C@@H]1CC2C[C@@H](C1)[C@@]1(c3ccccc3-c3ccc(N(c4ccc(-c5ccccc5)cc4)c4cccc5c4-c4ccccc4[C@]54CC5CCC4C5)cc31)[C@@H](C)C2. The largest absolute Gasteiger partial charge is 0.310 e. The van der Waals surface area contributed by atoms with E-state index in [4.69, 9.17) is 0 Å². The molecule has 2 spiro atoms. The zero-order chi connectivity index (χ0) is 36.5. The second-order valence-electron chi connectivity index (χ2n) is 18.7. The van der Waals surface area contributed by atoms with E-state index in [-0.39, 0.29) is 10.8 Å². The third-order valence-corrected chi connectivity index (χ3v) is 16.0. The number of nitrogens with zero attached hydrogens (tertiary/aromatic N) is 1. The van der Waals surface area contributed by atoms with Crippen molar-refractivity contribution in [2.75, 3.05) is 4.90 Å². The zero-order valence-electron chi connectivity index (χ0n) is 32.3. The maximum absolute atomic E-state index is 2.67. The molecule has 4 saturated carbocycles. The molecule has 0 aliphatic heterocycles. The first kappa shape index (κ1) is 32.4. The quantitative estimate of drug-likeness (QED) is 0.176. The van der Waals surface area contributed by atoms with Crippen molar-refractivity contribution in [1.82, 2.24) is 0 Å². The number of benzene rings is 6. The maximum Gasteiger partial charge on any atom is 0.0543 e. The van der Waals surface area contributed by atoms with E-state index >= 15 is 0 Å². The Morgan fingerprint density at radius 3 is 1.98 bits per heavy atom. The number of hydrogen-bond acceptors (Lipinski definition) is 1. The van der Waals surface area contributed by atoms with Gasteiger partial charge in [-0.1, -0.05) is 129 Å². The molecule has 0 aromatic heterocycles. The summed E-state index contributed by atoms with van der Waals surface area (Å²) in [6.07, 6.45) is 10.9. The first-order valence-corrected chi connectivity index (χ1v) is 21.5. The second kappa shape index (κ2) is 11.8. The molecule has 1 heteroatoms. The van der Waals surface area contributed by atoms with Crippen LogP contribution in [-0.2, 0) is 10.8 Å². The minimum Gasteiger partial charge on any atom is -0.310 e. The fraction of sp³-hybridized carbons (Fsp3) is 0.333.